The van der Waals surface area contributed by atoms with Gasteiger partial charge in [0.2, 0.25) is 0 Å². The van der Waals surface area contributed by atoms with Crippen molar-refractivity contribution in [1.82, 2.24) is 15.1 Å². The van der Waals surface area contributed by atoms with Crippen LogP contribution >= 0.6 is 0 Å². The minimum atomic E-state index is -4.44. The molecule has 3 aromatic rings. The van der Waals surface area contributed by atoms with Crippen LogP contribution in [0.4, 0.5) is 13.2 Å². The summed E-state index contributed by atoms with van der Waals surface area (Å²) < 4.78 is 44.6. The van der Waals surface area contributed by atoms with Crippen LogP contribution in [0.2, 0.25) is 0 Å². The Morgan fingerprint density at radius 1 is 1.12 bits per heavy atom. The first-order valence-corrected chi connectivity index (χ1v) is 7.85. The zero-order valence-electron chi connectivity index (χ0n) is 13.8. The van der Waals surface area contributed by atoms with Crippen LogP contribution in [-0.2, 0) is 12.7 Å². The van der Waals surface area contributed by atoms with Gasteiger partial charge in [-0.05, 0) is 49.7 Å². The van der Waals surface area contributed by atoms with Gasteiger partial charge in [0.1, 0.15) is 11.5 Å². The summed E-state index contributed by atoms with van der Waals surface area (Å²) in [6.45, 7) is 4.53. The van der Waals surface area contributed by atoms with Crippen molar-refractivity contribution in [2.75, 3.05) is 0 Å². The highest BCUT2D eigenvalue weighted by molar-refractivity contribution is 5.34. The van der Waals surface area contributed by atoms with Crippen LogP contribution < -0.4 is 5.32 Å². The highest BCUT2D eigenvalue weighted by Gasteiger charge is 2.33. The molecule has 0 fully saturated rings. The van der Waals surface area contributed by atoms with Gasteiger partial charge in [-0.3, -0.25) is 0 Å². The summed E-state index contributed by atoms with van der Waals surface area (Å²) in [5.74, 6) is 1.73. The second-order valence-electron chi connectivity index (χ2n) is 5.86. The van der Waals surface area contributed by atoms with E-state index in [0.29, 0.717) is 12.2 Å². The van der Waals surface area contributed by atoms with Crippen molar-refractivity contribution in [3.05, 3.63) is 71.4 Å². The van der Waals surface area contributed by atoms with Crippen LogP contribution in [0.1, 0.15) is 35.7 Å². The molecule has 2 aromatic heterocycles. The Labute approximate surface area is 143 Å². The van der Waals surface area contributed by atoms with E-state index in [9.17, 15) is 13.2 Å². The second kappa shape index (κ2) is 6.76. The number of halogens is 3. The molecule has 4 nitrogen and oxygen atoms in total. The number of hydrogen-bond acceptors (Lipinski definition) is 3. The predicted molar refractivity (Wildman–Crippen MR) is 87.3 cm³/mol. The number of hydrogen-bond donors (Lipinski definition) is 1. The fraction of sp³-hybridized carbons (Fsp3) is 0.278. The second-order valence-corrected chi connectivity index (χ2v) is 5.86. The zero-order valence-corrected chi connectivity index (χ0v) is 13.8. The molecule has 0 radical (unpaired) electrons. The Morgan fingerprint density at radius 2 is 1.84 bits per heavy atom. The first-order chi connectivity index (χ1) is 11.8. The molecular weight excluding hydrogens is 331 g/mol. The molecule has 0 bridgehead atoms. The quantitative estimate of drug-likeness (QED) is 0.729. The number of nitrogens with zero attached hydrogens (tertiary/aromatic N) is 2. The summed E-state index contributed by atoms with van der Waals surface area (Å²) in [6.07, 6.45) is -3.13. The number of benzene rings is 1. The minimum absolute atomic E-state index is 0.0637. The largest absolute Gasteiger partial charge is 0.465 e. The van der Waals surface area contributed by atoms with E-state index in [0.717, 1.165) is 23.2 Å². The number of rotatable bonds is 5. The standard InChI is InChI=1S/C18H18F3N3O/c1-12-3-8-16(25-12)13(2)22-11-14-4-6-15(7-5-14)24-10-9-17(23-24)18(19,20)21/h3-10,13,22H,11H2,1-2H3. The molecule has 2 heterocycles. The molecule has 0 aliphatic heterocycles. The number of aryl methyl sites for hydroxylation is 1. The molecule has 3 rings (SSSR count). The Hall–Kier alpha value is -2.54. The molecule has 0 aliphatic carbocycles. The van der Waals surface area contributed by atoms with Crippen molar-refractivity contribution >= 4 is 0 Å². The van der Waals surface area contributed by atoms with Crippen LogP contribution in [0.3, 0.4) is 0 Å². The molecular formula is C18H18F3N3O. The van der Waals surface area contributed by atoms with Crippen molar-refractivity contribution in [2.45, 2.75) is 32.6 Å². The van der Waals surface area contributed by atoms with Crippen LogP contribution in [0.25, 0.3) is 5.69 Å². The summed E-state index contributed by atoms with van der Waals surface area (Å²) in [7, 11) is 0. The zero-order chi connectivity index (χ0) is 18.0. The molecule has 0 spiro atoms. The van der Waals surface area contributed by atoms with Crippen molar-refractivity contribution < 1.29 is 17.6 Å². The van der Waals surface area contributed by atoms with Gasteiger partial charge in [0.25, 0.3) is 0 Å². The maximum absolute atomic E-state index is 12.6. The van der Waals surface area contributed by atoms with Crippen molar-refractivity contribution in [3.63, 3.8) is 0 Å². The van der Waals surface area contributed by atoms with Gasteiger partial charge in [0.15, 0.2) is 5.69 Å². The molecule has 132 valence electrons. The van der Waals surface area contributed by atoms with E-state index in [4.69, 9.17) is 4.42 Å². The van der Waals surface area contributed by atoms with E-state index < -0.39 is 11.9 Å². The monoisotopic (exact) mass is 349 g/mol. The summed E-state index contributed by atoms with van der Waals surface area (Å²) >= 11 is 0. The van der Waals surface area contributed by atoms with Gasteiger partial charge in [-0.1, -0.05) is 12.1 Å². The Kier molecular flexibility index (Phi) is 4.67. The molecule has 0 saturated carbocycles. The maximum Gasteiger partial charge on any atom is 0.435 e. The molecule has 0 saturated heterocycles. The highest BCUT2D eigenvalue weighted by atomic mass is 19.4. The molecule has 0 aliphatic rings. The fourth-order valence-corrected chi connectivity index (χ4v) is 2.44. The van der Waals surface area contributed by atoms with E-state index in [1.165, 1.54) is 10.9 Å². The minimum Gasteiger partial charge on any atom is -0.465 e. The third kappa shape index (κ3) is 4.11. The van der Waals surface area contributed by atoms with Gasteiger partial charge < -0.3 is 9.73 Å². The van der Waals surface area contributed by atoms with Crippen LogP contribution in [0, 0.1) is 6.92 Å². The Balaban J connectivity index is 1.63. The Bertz CT molecular complexity index is 834. The normalized spacial score (nSPS) is 13.2. The first kappa shape index (κ1) is 17.3. The van der Waals surface area contributed by atoms with Gasteiger partial charge in [-0.25, -0.2) is 4.68 Å². The fourth-order valence-electron chi connectivity index (χ4n) is 2.44. The third-order valence-corrected chi connectivity index (χ3v) is 3.88. The van der Waals surface area contributed by atoms with Gasteiger partial charge in [-0.2, -0.15) is 18.3 Å². The summed E-state index contributed by atoms with van der Waals surface area (Å²) in [6, 6.07) is 12.1. The maximum atomic E-state index is 12.6. The summed E-state index contributed by atoms with van der Waals surface area (Å²) in [5, 5.41) is 6.91. The molecule has 0 amide bonds. The van der Waals surface area contributed by atoms with Crippen LogP contribution in [0.5, 0.6) is 0 Å². The lowest BCUT2D eigenvalue weighted by molar-refractivity contribution is -0.141. The van der Waals surface area contributed by atoms with Gasteiger partial charge >= 0.3 is 6.18 Å². The summed E-state index contributed by atoms with van der Waals surface area (Å²) in [5.41, 5.74) is 0.692. The van der Waals surface area contributed by atoms with Crippen molar-refractivity contribution in [3.8, 4) is 5.69 Å². The van der Waals surface area contributed by atoms with E-state index >= 15 is 0 Å². The molecule has 1 aromatic carbocycles. The average molecular weight is 349 g/mol. The lowest BCUT2D eigenvalue weighted by Crippen LogP contribution is -2.17. The van der Waals surface area contributed by atoms with Crippen molar-refractivity contribution in [1.29, 1.82) is 0 Å². The lowest BCUT2D eigenvalue weighted by Gasteiger charge is -2.12. The highest BCUT2D eigenvalue weighted by Crippen LogP contribution is 2.27. The van der Waals surface area contributed by atoms with E-state index in [1.807, 2.05) is 38.1 Å². The average Bonchev–Trinajstić information content (AvgIpc) is 3.22. The van der Waals surface area contributed by atoms with Gasteiger partial charge in [0.05, 0.1) is 11.7 Å². The van der Waals surface area contributed by atoms with E-state index in [1.54, 1.807) is 12.1 Å². The van der Waals surface area contributed by atoms with Crippen LogP contribution in [-0.4, -0.2) is 9.78 Å². The third-order valence-electron chi connectivity index (χ3n) is 3.88. The molecule has 1 atom stereocenters. The molecule has 7 heteroatoms. The lowest BCUT2D eigenvalue weighted by atomic mass is 10.2. The number of aromatic nitrogens is 2. The van der Waals surface area contributed by atoms with Gasteiger partial charge in [0, 0.05) is 12.7 Å². The number of furan rings is 1. The SMILES string of the molecule is Cc1ccc(C(C)NCc2ccc(-n3ccc(C(F)(F)F)n3)cc2)o1. The molecule has 1 unspecified atom stereocenters. The number of alkyl halides is 3. The topological polar surface area (TPSA) is 43.0 Å². The van der Waals surface area contributed by atoms with E-state index in [2.05, 4.69) is 10.4 Å². The molecule has 1 N–H and O–H groups in total. The van der Waals surface area contributed by atoms with Gasteiger partial charge in [-0.15, -0.1) is 0 Å². The van der Waals surface area contributed by atoms with Crippen molar-refractivity contribution in [2.24, 2.45) is 0 Å². The van der Waals surface area contributed by atoms with Crippen LogP contribution in [0.15, 0.2) is 53.1 Å². The van der Waals surface area contributed by atoms with E-state index in [-0.39, 0.29) is 6.04 Å². The summed E-state index contributed by atoms with van der Waals surface area (Å²) in [4.78, 5) is 0. The first-order valence-electron chi connectivity index (χ1n) is 7.85. The Morgan fingerprint density at radius 3 is 2.40 bits per heavy atom. The smallest absolute Gasteiger partial charge is 0.435 e. The predicted octanol–water partition coefficient (Wildman–Crippen LogP) is 4.64. The number of nitrogens with one attached hydrogen (secondary N) is 1. The molecule has 25 heavy (non-hydrogen) atoms.